The summed E-state index contributed by atoms with van der Waals surface area (Å²) in [5, 5.41) is 6.15. The molecular weight excluding hydrogens is 355 g/mol. The van der Waals surface area contributed by atoms with E-state index in [1.807, 2.05) is 54.6 Å². The highest BCUT2D eigenvalue weighted by Crippen LogP contribution is 2.20. The molecule has 0 bridgehead atoms. The smallest absolute Gasteiger partial charge is 0.274 e. The zero-order chi connectivity index (χ0) is 19.3. The Labute approximate surface area is 161 Å². The summed E-state index contributed by atoms with van der Waals surface area (Å²) in [6.45, 7) is 0. The van der Waals surface area contributed by atoms with Gasteiger partial charge in [-0.05, 0) is 60.7 Å². The number of hydrogen-bond donors (Lipinski definition) is 2. The highest BCUT2D eigenvalue weighted by atomic mass is 19.1. The fraction of sp³-hybridized carbons (Fsp3) is 0. The molecule has 0 spiro atoms. The zero-order valence-electron chi connectivity index (χ0n) is 14.8. The van der Waals surface area contributed by atoms with E-state index in [1.54, 1.807) is 16.7 Å². The maximum atomic E-state index is 13.1. The van der Waals surface area contributed by atoms with Crippen molar-refractivity contribution >= 4 is 23.0 Å². The minimum absolute atomic E-state index is 0.300. The lowest BCUT2D eigenvalue weighted by Gasteiger charge is -2.10. The van der Waals surface area contributed by atoms with Crippen molar-refractivity contribution < 1.29 is 9.18 Å². The number of imidazole rings is 1. The van der Waals surface area contributed by atoms with Crippen molar-refractivity contribution in [2.75, 3.05) is 10.6 Å². The van der Waals surface area contributed by atoms with Crippen molar-refractivity contribution in [3.8, 4) is 5.69 Å². The van der Waals surface area contributed by atoms with E-state index in [0.29, 0.717) is 17.1 Å². The number of benzene rings is 3. The molecular formula is C22H17FN4O. The normalized spacial score (nSPS) is 10.5. The summed E-state index contributed by atoms with van der Waals surface area (Å²) in [5.74, 6) is -0.635. The number of anilines is 3. The van der Waals surface area contributed by atoms with E-state index in [4.69, 9.17) is 0 Å². The molecule has 2 N–H and O–H groups in total. The molecule has 6 heteroatoms. The first-order chi connectivity index (χ1) is 13.7. The molecule has 0 unspecified atom stereocenters. The second-order valence-corrected chi connectivity index (χ2v) is 6.15. The molecule has 28 heavy (non-hydrogen) atoms. The van der Waals surface area contributed by atoms with Crippen LogP contribution in [0.4, 0.5) is 21.5 Å². The third-order valence-corrected chi connectivity index (χ3v) is 4.18. The first-order valence-corrected chi connectivity index (χ1v) is 8.71. The van der Waals surface area contributed by atoms with E-state index in [2.05, 4.69) is 15.6 Å². The summed E-state index contributed by atoms with van der Waals surface area (Å²) >= 11 is 0. The van der Waals surface area contributed by atoms with Gasteiger partial charge in [-0.25, -0.2) is 9.37 Å². The van der Waals surface area contributed by atoms with E-state index in [0.717, 1.165) is 11.4 Å². The second kappa shape index (κ2) is 7.75. The Morgan fingerprint density at radius 3 is 2.18 bits per heavy atom. The third kappa shape index (κ3) is 3.91. The average Bonchev–Trinajstić information content (AvgIpc) is 3.21. The number of rotatable bonds is 5. The van der Waals surface area contributed by atoms with Crippen LogP contribution in [0, 0.1) is 5.82 Å². The van der Waals surface area contributed by atoms with Crippen molar-refractivity contribution in [2.45, 2.75) is 0 Å². The maximum absolute atomic E-state index is 13.1. The fourth-order valence-electron chi connectivity index (χ4n) is 2.79. The van der Waals surface area contributed by atoms with Crippen molar-refractivity contribution in [3.05, 3.63) is 103 Å². The number of nitrogens with one attached hydrogen (secondary N) is 2. The van der Waals surface area contributed by atoms with Gasteiger partial charge in [-0.2, -0.15) is 0 Å². The third-order valence-electron chi connectivity index (χ3n) is 4.18. The average molecular weight is 372 g/mol. The van der Waals surface area contributed by atoms with Gasteiger partial charge in [0.1, 0.15) is 11.5 Å². The number of hydrogen-bond acceptors (Lipinski definition) is 3. The molecule has 0 aliphatic heterocycles. The van der Waals surface area contributed by atoms with Crippen LogP contribution >= 0.6 is 0 Å². The quantitative estimate of drug-likeness (QED) is 0.518. The topological polar surface area (TPSA) is 59.0 Å². The van der Waals surface area contributed by atoms with Crippen LogP contribution in [0.2, 0.25) is 0 Å². The van der Waals surface area contributed by atoms with Crippen LogP contribution in [-0.2, 0) is 0 Å². The highest BCUT2D eigenvalue weighted by molar-refractivity contribution is 6.03. The SMILES string of the molecule is O=C(Nc1ccc(Nc2ccccc2)cc1)c1cncn1-c1ccc(F)cc1. The largest absolute Gasteiger partial charge is 0.356 e. The van der Waals surface area contributed by atoms with Crippen molar-refractivity contribution in [3.63, 3.8) is 0 Å². The molecule has 0 aliphatic carbocycles. The Kier molecular flexibility index (Phi) is 4.84. The standard InChI is InChI=1S/C22H17FN4O/c23-16-6-12-20(13-7-16)27-15-24-14-21(27)22(28)26-19-10-8-18(9-11-19)25-17-4-2-1-3-5-17/h1-15,25H,(H,26,28). The van der Waals surface area contributed by atoms with Gasteiger partial charge >= 0.3 is 0 Å². The van der Waals surface area contributed by atoms with Gasteiger partial charge in [0.2, 0.25) is 0 Å². The Balaban J connectivity index is 1.47. The summed E-state index contributed by atoms with van der Waals surface area (Å²) in [5.41, 5.74) is 3.59. The lowest BCUT2D eigenvalue weighted by molar-refractivity contribution is 0.102. The van der Waals surface area contributed by atoms with Crippen LogP contribution in [0.25, 0.3) is 5.69 Å². The first-order valence-electron chi connectivity index (χ1n) is 8.71. The zero-order valence-corrected chi connectivity index (χ0v) is 14.8. The Morgan fingerprint density at radius 2 is 1.46 bits per heavy atom. The molecule has 1 aromatic heterocycles. The molecule has 0 aliphatic rings. The molecule has 0 saturated heterocycles. The van der Waals surface area contributed by atoms with Gasteiger partial charge < -0.3 is 10.6 Å². The summed E-state index contributed by atoms with van der Waals surface area (Å²) in [7, 11) is 0. The molecule has 5 nitrogen and oxygen atoms in total. The van der Waals surface area contributed by atoms with E-state index in [9.17, 15) is 9.18 Å². The number of carbonyl (C=O) groups excluding carboxylic acids is 1. The van der Waals surface area contributed by atoms with Crippen LogP contribution in [0.3, 0.4) is 0 Å². The molecule has 4 rings (SSSR count). The van der Waals surface area contributed by atoms with Gasteiger partial charge in [0.25, 0.3) is 5.91 Å². The number of amides is 1. The van der Waals surface area contributed by atoms with Gasteiger partial charge in [-0.15, -0.1) is 0 Å². The van der Waals surface area contributed by atoms with Crippen LogP contribution in [0.15, 0.2) is 91.4 Å². The molecule has 0 atom stereocenters. The van der Waals surface area contributed by atoms with E-state index < -0.39 is 0 Å². The molecule has 4 aromatic rings. The minimum Gasteiger partial charge on any atom is -0.356 e. The number of carbonyl (C=O) groups is 1. The second-order valence-electron chi connectivity index (χ2n) is 6.15. The monoisotopic (exact) mass is 372 g/mol. The summed E-state index contributed by atoms with van der Waals surface area (Å²) in [4.78, 5) is 16.7. The Morgan fingerprint density at radius 1 is 0.821 bits per heavy atom. The van der Waals surface area contributed by atoms with E-state index in [-0.39, 0.29) is 11.7 Å². The molecule has 1 amide bonds. The Hall–Kier alpha value is -3.93. The molecule has 3 aromatic carbocycles. The number of para-hydroxylation sites is 1. The summed E-state index contributed by atoms with van der Waals surface area (Å²) in [6.07, 6.45) is 3.00. The minimum atomic E-state index is -0.334. The number of nitrogens with zero attached hydrogens (tertiary/aromatic N) is 2. The lowest BCUT2D eigenvalue weighted by Crippen LogP contribution is -2.16. The molecule has 138 valence electrons. The van der Waals surface area contributed by atoms with Crippen molar-refractivity contribution in [1.82, 2.24) is 9.55 Å². The summed E-state index contributed by atoms with van der Waals surface area (Å²) in [6, 6.07) is 23.1. The predicted octanol–water partition coefficient (Wildman–Crippen LogP) is 5.01. The fourth-order valence-corrected chi connectivity index (χ4v) is 2.79. The Bertz CT molecular complexity index is 1070. The molecule has 0 radical (unpaired) electrons. The van der Waals surface area contributed by atoms with Crippen LogP contribution in [0.1, 0.15) is 10.5 Å². The van der Waals surface area contributed by atoms with Gasteiger partial charge in [0, 0.05) is 22.7 Å². The maximum Gasteiger partial charge on any atom is 0.274 e. The van der Waals surface area contributed by atoms with Crippen molar-refractivity contribution in [1.29, 1.82) is 0 Å². The van der Waals surface area contributed by atoms with E-state index in [1.165, 1.54) is 24.7 Å². The highest BCUT2D eigenvalue weighted by Gasteiger charge is 2.13. The van der Waals surface area contributed by atoms with Gasteiger partial charge in [0.15, 0.2) is 0 Å². The van der Waals surface area contributed by atoms with Gasteiger partial charge in [0.05, 0.1) is 12.5 Å². The van der Waals surface area contributed by atoms with Gasteiger partial charge in [-0.3, -0.25) is 9.36 Å². The number of aromatic nitrogens is 2. The molecule has 0 saturated carbocycles. The van der Waals surface area contributed by atoms with Crippen molar-refractivity contribution in [2.24, 2.45) is 0 Å². The van der Waals surface area contributed by atoms with Gasteiger partial charge in [-0.1, -0.05) is 18.2 Å². The lowest BCUT2D eigenvalue weighted by atomic mass is 10.2. The summed E-state index contributed by atoms with van der Waals surface area (Å²) < 4.78 is 14.7. The first kappa shape index (κ1) is 17.5. The molecule has 1 heterocycles. The predicted molar refractivity (Wildman–Crippen MR) is 108 cm³/mol. The van der Waals surface area contributed by atoms with E-state index >= 15 is 0 Å². The van der Waals surface area contributed by atoms with Crippen LogP contribution in [-0.4, -0.2) is 15.5 Å². The van der Waals surface area contributed by atoms with Crippen LogP contribution < -0.4 is 10.6 Å². The number of halogens is 1. The molecule has 0 fully saturated rings. The van der Waals surface area contributed by atoms with Crippen LogP contribution in [0.5, 0.6) is 0 Å².